The summed E-state index contributed by atoms with van der Waals surface area (Å²) in [5.41, 5.74) is 8.52. The van der Waals surface area contributed by atoms with Crippen molar-refractivity contribution in [2.45, 2.75) is 19.9 Å². The lowest BCUT2D eigenvalue weighted by molar-refractivity contribution is 0.512. The minimum Gasteiger partial charge on any atom is -0.369 e. The van der Waals surface area contributed by atoms with Crippen molar-refractivity contribution in [1.29, 1.82) is 0 Å². The molecule has 0 aliphatic heterocycles. The third-order valence-corrected chi connectivity index (χ3v) is 3.66. The molecule has 0 unspecified atom stereocenters. The highest BCUT2D eigenvalue weighted by molar-refractivity contribution is 5.79. The first-order valence-corrected chi connectivity index (χ1v) is 6.78. The van der Waals surface area contributed by atoms with Crippen LogP contribution in [-0.2, 0) is 13.0 Å². The van der Waals surface area contributed by atoms with Gasteiger partial charge in [0.15, 0.2) is 11.6 Å². The third kappa shape index (κ3) is 2.24. The van der Waals surface area contributed by atoms with E-state index in [0.717, 1.165) is 23.6 Å². The number of nitrogen functional groups attached to an aromatic ring is 1. The number of rotatable bonds is 3. The van der Waals surface area contributed by atoms with E-state index in [1.165, 1.54) is 10.6 Å². The summed E-state index contributed by atoms with van der Waals surface area (Å²) in [4.78, 5) is 4.10. The number of fused-ring (bicyclic) bond motifs is 1. The summed E-state index contributed by atoms with van der Waals surface area (Å²) in [6, 6.07) is 10.3. The second-order valence-corrected chi connectivity index (χ2v) is 4.91. The number of halogens is 2. The molecule has 0 fully saturated rings. The lowest BCUT2D eigenvalue weighted by Crippen LogP contribution is -2.07. The van der Waals surface area contributed by atoms with Crippen LogP contribution in [0.25, 0.3) is 11.0 Å². The number of aryl methyl sites for hydroxylation is 1. The van der Waals surface area contributed by atoms with Crippen molar-refractivity contribution in [3.8, 4) is 0 Å². The Kier molecular flexibility index (Phi) is 3.33. The van der Waals surface area contributed by atoms with Gasteiger partial charge in [0, 0.05) is 0 Å². The van der Waals surface area contributed by atoms with Crippen molar-refractivity contribution in [3.63, 3.8) is 0 Å². The van der Waals surface area contributed by atoms with Crippen molar-refractivity contribution in [2.24, 2.45) is 0 Å². The summed E-state index contributed by atoms with van der Waals surface area (Å²) >= 11 is 0. The topological polar surface area (TPSA) is 43.8 Å². The van der Waals surface area contributed by atoms with E-state index in [2.05, 4.69) is 11.9 Å². The van der Waals surface area contributed by atoms with Crippen LogP contribution < -0.4 is 5.73 Å². The number of hydrogen-bond acceptors (Lipinski definition) is 2. The van der Waals surface area contributed by atoms with Crippen LogP contribution in [0.5, 0.6) is 0 Å². The van der Waals surface area contributed by atoms with Gasteiger partial charge in [-0.25, -0.2) is 13.8 Å². The first-order chi connectivity index (χ1) is 10.1. The Morgan fingerprint density at radius 3 is 2.52 bits per heavy atom. The molecular weight excluding hydrogens is 272 g/mol. The molecule has 2 N–H and O–H groups in total. The van der Waals surface area contributed by atoms with Gasteiger partial charge in [0.25, 0.3) is 0 Å². The van der Waals surface area contributed by atoms with Gasteiger partial charge < -0.3 is 10.3 Å². The zero-order valence-electron chi connectivity index (χ0n) is 11.6. The van der Waals surface area contributed by atoms with E-state index in [1.54, 1.807) is 0 Å². The van der Waals surface area contributed by atoms with E-state index in [0.29, 0.717) is 12.1 Å². The number of hydrogen-bond donors (Lipinski definition) is 1. The van der Waals surface area contributed by atoms with E-state index < -0.39 is 11.6 Å². The molecule has 0 saturated carbocycles. The number of imidazole rings is 1. The third-order valence-electron chi connectivity index (χ3n) is 3.66. The maximum atomic E-state index is 14.1. The van der Waals surface area contributed by atoms with E-state index in [9.17, 15) is 8.78 Å². The highest BCUT2D eigenvalue weighted by atomic mass is 19.2. The van der Waals surface area contributed by atoms with Crippen LogP contribution >= 0.6 is 0 Å². The second kappa shape index (κ2) is 5.16. The molecule has 0 atom stereocenters. The molecule has 108 valence electrons. The summed E-state index contributed by atoms with van der Waals surface area (Å²) < 4.78 is 29.0. The molecule has 0 spiro atoms. The van der Waals surface area contributed by atoms with Gasteiger partial charge in [-0.1, -0.05) is 31.2 Å². The average molecular weight is 287 g/mol. The van der Waals surface area contributed by atoms with Gasteiger partial charge in [-0.2, -0.15) is 0 Å². The standard InChI is InChI=1S/C16H15F2N3/c1-2-10-5-3-4-6-11(10)9-21-15-13(20-16(21)19)8-7-12(17)14(15)18/h3-8H,2,9H2,1H3,(H2,19,20). The number of anilines is 1. The lowest BCUT2D eigenvalue weighted by atomic mass is 10.1. The molecule has 0 bridgehead atoms. The summed E-state index contributed by atoms with van der Waals surface area (Å²) in [5.74, 6) is -1.63. The monoisotopic (exact) mass is 287 g/mol. The first-order valence-electron chi connectivity index (χ1n) is 6.78. The Morgan fingerprint density at radius 1 is 1.10 bits per heavy atom. The van der Waals surface area contributed by atoms with Crippen LogP contribution in [-0.4, -0.2) is 9.55 Å². The van der Waals surface area contributed by atoms with E-state index in [1.807, 2.05) is 24.3 Å². The summed E-state index contributed by atoms with van der Waals surface area (Å²) in [6.07, 6.45) is 0.861. The lowest BCUT2D eigenvalue weighted by Gasteiger charge is -2.11. The quantitative estimate of drug-likeness (QED) is 0.801. The maximum Gasteiger partial charge on any atom is 0.201 e. The molecule has 0 aliphatic rings. The molecule has 3 nitrogen and oxygen atoms in total. The van der Waals surface area contributed by atoms with Gasteiger partial charge in [0.2, 0.25) is 5.95 Å². The van der Waals surface area contributed by atoms with Crippen LogP contribution in [0, 0.1) is 11.6 Å². The largest absolute Gasteiger partial charge is 0.369 e. The van der Waals surface area contributed by atoms with Gasteiger partial charge in [0.05, 0.1) is 12.1 Å². The fraction of sp³-hybridized carbons (Fsp3) is 0.188. The van der Waals surface area contributed by atoms with Gasteiger partial charge >= 0.3 is 0 Å². The molecule has 0 amide bonds. The van der Waals surface area contributed by atoms with E-state index in [-0.39, 0.29) is 11.5 Å². The van der Waals surface area contributed by atoms with Crippen LogP contribution in [0.2, 0.25) is 0 Å². The molecule has 0 aliphatic carbocycles. The number of benzene rings is 2. The highest BCUT2D eigenvalue weighted by Crippen LogP contribution is 2.25. The van der Waals surface area contributed by atoms with Crippen molar-refractivity contribution in [1.82, 2.24) is 9.55 Å². The van der Waals surface area contributed by atoms with Crippen LogP contribution in [0.3, 0.4) is 0 Å². The fourth-order valence-corrected chi connectivity index (χ4v) is 2.56. The summed E-state index contributed by atoms with van der Waals surface area (Å²) in [5, 5.41) is 0. The molecule has 0 saturated heterocycles. The first kappa shape index (κ1) is 13.5. The SMILES string of the molecule is CCc1ccccc1Cn1c(N)nc2ccc(F)c(F)c21. The maximum absolute atomic E-state index is 14.1. The molecule has 3 aromatic rings. The normalized spacial score (nSPS) is 11.2. The van der Waals surface area contributed by atoms with E-state index in [4.69, 9.17) is 5.73 Å². The summed E-state index contributed by atoms with van der Waals surface area (Å²) in [7, 11) is 0. The number of aromatic nitrogens is 2. The van der Waals surface area contributed by atoms with Crippen molar-refractivity contribution in [3.05, 3.63) is 59.2 Å². The molecule has 0 radical (unpaired) electrons. The molecule has 21 heavy (non-hydrogen) atoms. The molecule has 3 rings (SSSR count). The average Bonchev–Trinajstić information content (AvgIpc) is 2.80. The predicted molar refractivity (Wildman–Crippen MR) is 79.0 cm³/mol. The van der Waals surface area contributed by atoms with Gasteiger partial charge in [0.1, 0.15) is 5.52 Å². The van der Waals surface area contributed by atoms with Crippen molar-refractivity contribution < 1.29 is 8.78 Å². The predicted octanol–water partition coefficient (Wildman–Crippen LogP) is 3.51. The Labute approximate surface area is 121 Å². The van der Waals surface area contributed by atoms with E-state index >= 15 is 0 Å². The van der Waals surface area contributed by atoms with Crippen LogP contribution in [0.4, 0.5) is 14.7 Å². The zero-order chi connectivity index (χ0) is 15.0. The second-order valence-electron chi connectivity index (χ2n) is 4.91. The minimum absolute atomic E-state index is 0.110. The number of nitrogens with zero attached hydrogens (tertiary/aromatic N) is 2. The Balaban J connectivity index is 2.16. The van der Waals surface area contributed by atoms with Crippen molar-refractivity contribution in [2.75, 3.05) is 5.73 Å². The van der Waals surface area contributed by atoms with Crippen LogP contribution in [0.1, 0.15) is 18.1 Å². The molecular formula is C16H15F2N3. The molecule has 1 aromatic heterocycles. The Morgan fingerprint density at radius 2 is 1.81 bits per heavy atom. The number of nitrogens with two attached hydrogens (primary N) is 1. The summed E-state index contributed by atoms with van der Waals surface area (Å²) in [6.45, 7) is 2.42. The zero-order valence-corrected chi connectivity index (χ0v) is 11.6. The highest BCUT2D eigenvalue weighted by Gasteiger charge is 2.16. The van der Waals surface area contributed by atoms with Gasteiger partial charge in [-0.05, 0) is 29.7 Å². The van der Waals surface area contributed by atoms with Gasteiger partial charge in [-0.15, -0.1) is 0 Å². The Bertz CT molecular complexity index is 809. The molecule has 1 heterocycles. The van der Waals surface area contributed by atoms with Crippen LogP contribution in [0.15, 0.2) is 36.4 Å². The fourth-order valence-electron chi connectivity index (χ4n) is 2.56. The smallest absolute Gasteiger partial charge is 0.201 e. The Hall–Kier alpha value is -2.43. The minimum atomic E-state index is -0.911. The van der Waals surface area contributed by atoms with Gasteiger partial charge in [-0.3, -0.25) is 0 Å². The molecule has 2 aromatic carbocycles. The van der Waals surface area contributed by atoms with Crippen molar-refractivity contribution >= 4 is 17.0 Å². The molecule has 5 heteroatoms.